The Kier molecular flexibility index (Phi) is 7.91. The molecule has 26 heavy (non-hydrogen) atoms. The number of amides is 2. The van der Waals surface area contributed by atoms with Crippen LogP contribution in [0.15, 0.2) is 24.3 Å². The van der Waals surface area contributed by atoms with Crippen molar-refractivity contribution < 1.29 is 14.3 Å². The van der Waals surface area contributed by atoms with Gasteiger partial charge >= 0.3 is 0 Å². The number of nitrogens with zero attached hydrogens (tertiary/aromatic N) is 2. The van der Waals surface area contributed by atoms with Crippen LogP contribution in [-0.4, -0.2) is 61.4 Å². The largest absolute Gasteiger partial charge is 0.494 e. The average molecular weight is 361 g/mol. The second-order valence-corrected chi connectivity index (χ2v) is 6.73. The summed E-state index contributed by atoms with van der Waals surface area (Å²) in [6.45, 7) is 6.63. The highest BCUT2D eigenvalue weighted by Crippen LogP contribution is 2.32. The zero-order chi connectivity index (χ0) is 18.9. The van der Waals surface area contributed by atoms with Gasteiger partial charge in [0.1, 0.15) is 5.75 Å². The van der Waals surface area contributed by atoms with Crippen LogP contribution in [0.5, 0.6) is 5.75 Å². The Balaban J connectivity index is 1.90. The number of carbonyl (C=O) groups is 2. The van der Waals surface area contributed by atoms with Gasteiger partial charge in [-0.1, -0.05) is 19.1 Å². The van der Waals surface area contributed by atoms with E-state index < -0.39 is 0 Å². The molecule has 1 heterocycles. The van der Waals surface area contributed by atoms with Crippen molar-refractivity contribution in [2.24, 2.45) is 0 Å². The highest BCUT2D eigenvalue weighted by molar-refractivity contribution is 5.85. The van der Waals surface area contributed by atoms with Gasteiger partial charge in [-0.3, -0.25) is 14.5 Å². The van der Waals surface area contributed by atoms with Gasteiger partial charge in [0, 0.05) is 19.6 Å². The molecule has 1 aliphatic rings. The molecule has 1 N–H and O–H groups in total. The Labute approximate surface area is 156 Å². The van der Waals surface area contributed by atoms with E-state index >= 15 is 0 Å². The van der Waals surface area contributed by atoms with Crippen LogP contribution in [0.25, 0.3) is 0 Å². The number of hydrogen-bond donors (Lipinski definition) is 1. The molecule has 1 atom stereocenters. The second kappa shape index (κ2) is 10.2. The molecule has 6 nitrogen and oxygen atoms in total. The molecule has 1 aromatic carbocycles. The fraction of sp³-hybridized carbons (Fsp3) is 0.600. The van der Waals surface area contributed by atoms with Crippen LogP contribution < -0.4 is 10.1 Å². The van der Waals surface area contributed by atoms with Crippen molar-refractivity contribution in [3.8, 4) is 5.75 Å². The normalized spacial score (nSPS) is 17.1. The van der Waals surface area contributed by atoms with E-state index in [1.807, 2.05) is 26.0 Å². The van der Waals surface area contributed by atoms with Gasteiger partial charge in [-0.2, -0.15) is 0 Å². The predicted molar refractivity (Wildman–Crippen MR) is 102 cm³/mol. The minimum Gasteiger partial charge on any atom is -0.494 e. The molecular formula is C20H31N3O3. The SMILES string of the molecule is CCCNC(=O)CN(C)C(=O)CN1CCCC1c1ccc(OCC)cc1. The Morgan fingerprint density at radius 1 is 1.27 bits per heavy atom. The van der Waals surface area contributed by atoms with Gasteiger partial charge < -0.3 is 15.0 Å². The van der Waals surface area contributed by atoms with Crippen molar-refractivity contribution in [1.82, 2.24) is 15.1 Å². The first-order valence-electron chi connectivity index (χ1n) is 9.52. The molecule has 0 radical (unpaired) electrons. The van der Waals surface area contributed by atoms with E-state index in [1.165, 1.54) is 10.5 Å². The Hall–Kier alpha value is -2.08. The highest BCUT2D eigenvalue weighted by Gasteiger charge is 2.28. The number of hydrogen-bond acceptors (Lipinski definition) is 4. The van der Waals surface area contributed by atoms with E-state index in [4.69, 9.17) is 4.74 Å². The van der Waals surface area contributed by atoms with E-state index in [9.17, 15) is 9.59 Å². The summed E-state index contributed by atoms with van der Waals surface area (Å²) in [6.07, 6.45) is 3.01. The lowest BCUT2D eigenvalue weighted by Gasteiger charge is -2.26. The molecule has 0 saturated carbocycles. The number of ether oxygens (including phenoxy) is 1. The van der Waals surface area contributed by atoms with Crippen LogP contribution in [-0.2, 0) is 9.59 Å². The molecule has 1 unspecified atom stereocenters. The Morgan fingerprint density at radius 2 is 2.00 bits per heavy atom. The van der Waals surface area contributed by atoms with Crippen LogP contribution in [0.2, 0.25) is 0 Å². The van der Waals surface area contributed by atoms with Crippen molar-refractivity contribution >= 4 is 11.8 Å². The van der Waals surface area contributed by atoms with Crippen LogP contribution in [0.1, 0.15) is 44.7 Å². The monoisotopic (exact) mass is 361 g/mol. The van der Waals surface area contributed by atoms with Crippen molar-refractivity contribution in [1.29, 1.82) is 0 Å². The topological polar surface area (TPSA) is 61.9 Å². The van der Waals surface area contributed by atoms with E-state index in [2.05, 4.69) is 22.3 Å². The average Bonchev–Trinajstić information content (AvgIpc) is 3.09. The fourth-order valence-electron chi connectivity index (χ4n) is 3.26. The number of carbonyl (C=O) groups excluding carboxylic acids is 2. The lowest BCUT2D eigenvalue weighted by molar-refractivity contribution is -0.135. The molecule has 144 valence electrons. The molecule has 0 aromatic heterocycles. The molecular weight excluding hydrogens is 330 g/mol. The van der Waals surface area contributed by atoms with E-state index in [-0.39, 0.29) is 24.4 Å². The summed E-state index contributed by atoms with van der Waals surface area (Å²) in [4.78, 5) is 28.0. The molecule has 0 aliphatic carbocycles. The number of likely N-dealkylation sites (N-methyl/N-ethyl adjacent to an activating group) is 1. The summed E-state index contributed by atoms with van der Waals surface area (Å²) < 4.78 is 5.50. The standard InChI is InChI=1S/C20H31N3O3/c1-4-12-21-19(24)14-22(3)20(25)15-23-13-6-7-18(23)16-8-10-17(11-9-16)26-5-2/h8-11,18H,4-7,12-15H2,1-3H3,(H,21,24). The number of rotatable bonds is 9. The van der Waals surface area contributed by atoms with Crippen molar-refractivity contribution in [3.05, 3.63) is 29.8 Å². The van der Waals surface area contributed by atoms with Gasteiger partial charge in [-0.15, -0.1) is 0 Å². The molecule has 2 amide bonds. The maximum Gasteiger partial charge on any atom is 0.239 e. The Morgan fingerprint density at radius 3 is 2.65 bits per heavy atom. The first kappa shape index (κ1) is 20.2. The third-order valence-corrected chi connectivity index (χ3v) is 4.66. The molecule has 0 bridgehead atoms. The smallest absolute Gasteiger partial charge is 0.239 e. The first-order chi connectivity index (χ1) is 12.5. The summed E-state index contributed by atoms with van der Waals surface area (Å²) in [5.41, 5.74) is 1.21. The first-order valence-corrected chi connectivity index (χ1v) is 9.52. The lowest BCUT2D eigenvalue weighted by atomic mass is 10.0. The van der Waals surface area contributed by atoms with Crippen LogP contribution in [0.3, 0.4) is 0 Å². The molecule has 0 spiro atoms. The van der Waals surface area contributed by atoms with Gasteiger partial charge in [-0.05, 0) is 50.4 Å². The van der Waals surface area contributed by atoms with Crippen LogP contribution >= 0.6 is 0 Å². The van der Waals surface area contributed by atoms with Gasteiger partial charge in [0.15, 0.2) is 0 Å². The molecule has 6 heteroatoms. The third kappa shape index (κ3) is 5.73. The molecule has 1 saturated heterocycles. The summed E-state index contributed by atoms with van der Waals surface area (Å²) >= 11 is 0. The van der Waals surface area contributed by atoms with E-state index in [0.29, 0.717) is 19.7 Å². The van der Waals surface area contributed by atoms with Crippen molar-refractivity contribution in [2.45, 2.75) is 39.2 Å². The number of likely N-dealkylation sites (tertiary alicyclic amines) is 1. The predicted octanol–water partition coefficient (Wildman–Crippen LogP) is 2.21. The lowest BCUT2D eigenvalue weighted by Crippen LogP contribution is -2.43. The minimum atomic E-state index is -0.104. The van der Waals surface area contributed by atoms with Crippen LogP contribution in [0.4, 0.5) is 0 Å². The molecule has 2 rings (SSSR count). The Bertz CT molecular complexity index is 588. The van der Waals surface area contributed by atoms with Gasteiger partial charge in [-0.25, -0.2) is 0 Å². The van der Waals surface area contributed by atoms with Gasteiger partial charge in [0.05, 0.1) is 19.7 Å². The third-order valence-electron chi connectivity index (χ3n) is 4.66. The molecule has 1 fully saturated rings. The zero-order valence-electron chi connectivity index (χ0n) is 16.2. The summed E-state index contributed by atoms with van der Waals surface area (Å²) in [5, 5.41) is 2.80. The molecule has 1 aromatic rings. The minimum absolute atomic E-state index is 0.0190. The maximum absolute atomic E-state index is 12.5. The fourth-order valence-corrected chi connectivity index (χ4v) is 3.26. The zero-order valence-corrected chi connectivity index (χ0v) is 16.2. The quantitative estimate of drug-likeness (QED) is 0.732. The van der Waals surface area contributed by atoms with E-state index in [1.54, 1.807) is 7.05 Å². The summed E-state index contributed by atoms with van der Waals surface area (Å²) in [5.74, 6) is 0.747. The van der Waals surface area contributed by atoms with Crippen molar-refractivity contribution in [3.63, 3.8) is 0 Å². The maximum atomic E-state index is 12.5. The van der Waals surface area contributed by atoms with Gasteiger partial charge in [0.2, 0.25) is 11.8 Å². The van der Waals surface area contributed by atoms with Crippen LogP contribution in [0, 0.1) is 0 Å². The second-order valence-electron chi connectivity index (χ2n) is 6.73. The summed E-state index contributed by atoms with van der Waals surface area (Å²) in [6, 6.07) is 8.39. The highest BCUT2D eigenvalue weighted by atomic mass is 16.5. The number of nitrogens with one attached hydrogen (secondary N) is 1. The summed E-state index contributed by atoms with van der Waals surface area (Å²) in [7, 11) is 1.69. The van der Waals surface area contributed by atoms with E-state index in [0.717, 1.165) is 31.6 Å². The molecule has 1 aliphatic heterocycles. The van der Waals surface area contributed by atoms with Crippen molar-refractivity contribution in [2.75, 3.05) is 39.8 Å². The van der Waals surface area contributed by atoms with Gasteiger partial charge in [0.25, 0.3) is 0 Å². The number of benzene rings is 1.